The Bertz CT molecular complexity index is 1180. The fourth-order valence-corrected chi connectivity index (χ4v) is 8.03. The molecule has 2 heterocycles. The number of fused-ring (bicyclic) bond motifs is 3. The van der Waals surface area contributed by atoms with E-state index in [0.29, 0.717) is 28.3 Å². The van der Waals surface area contributed by atoms with Crippen LogP contribution < -0.4 is 5.73 Å². The van der Waals surface area contributed by atoms with E-state index in [9.17, 15) is 18.0 Å². The third kappa shape index (κ3) is 5.09. The van der Waals surface area contributed by atoms with Crippen molar-refractivity contribution < 1.29 is 27.5 Å². The van der Waals surface area contributed by atoms with Gasteiger partial charge in [0, 0.05) is 10.6 Å². The summed E-state index contributed by atoms with van der Waals surface area (Å²) in [4.78, 5) is 33.3. The average Bonchev–Trinajstić information content (AvgIpc) is 2.81. The van der Waals surface area contributed by atoms with Crippen molar-refractivity contribution in [2.24, 2.45) is 4.99 Å². The van der Waals surface area contributed by atoms with E-state index in [1.807, 2.05) is 6.07 Å². The molecule has 0 unspecified atom stereocenters. The predicted molar refractivity (Wildman–Crippen MR) is 142 cm³/mol. The summed E-state index contributed by atoms with van der Waals surface area (Å²) >= 11 is 1.54. The molecule has 1 aromatic carbocycles. The third-order valence-electron chi connectivity index (χ3n) is 6.14. The molecular weight excluding hydrogens is 502 g/mol. The lowest BCUT2D eigenvalue weighted by molar-refractivity contribution is 0.0138. The Morgan fingerprint density at radius 2 is 1.58 bits per heavy atom. The highest BCUT2D eigenvalue weighted by molar-refractivity contribution is 7.99. The van der Waals surface area contributed by atoms with E-state index in [4.69, 9.17) is 20.2 Å². The summed E-state index contributed by atoms with van der Waals surface area (Å²) in [5.41, 5.74) is 3.98. The first-order chi connectivity index (χ1) is 16.2. The number of nitrogens with two attached hydrogens (primary N) is 1. The highest BCUT2D eigenvalue weighted by atomic mass is 32.2. The molecule has 0 saturated heterocycles. The lowest BCUT2D eigenvalue weighted by atomic mass is 9.86. The zero-order valence-electron chi connectivity index (χ0n) is 22.5. The largest absolute Gasteiger partial charge is 0.443 e. The van der Waals surface area contributed by atoms with Gasteiger partial charge in [0.05, 0.1) is 5.25 Å². The second-order valence-corrected chi connectivity index (χ2v) is 15.6. The molecule has 1 aromatic rings. The molecule has 0 saturated carbocycles. The summed E-state index contributed by atoms with van der Waals surface area (Å²) in [5.74, 6) is 0.323. The second-order valence-electron chi connectivity index (χ2n) is 11.8. The smallest absolute Gasteiger partial charge is 0.425 e. The van der Waals surface area contributed by atoms with Crippen molar-refractivity contribution in [1.82, 2.24) is 4.90 Å². The molecule has 2 amide bonds. The van der Waals surface area contributed by atoms with Crippen molar-refractivity contribution in [2.45, 2.75) is 100 Å². The first kappa shape index (κ1) is 28.3. The van der Waals surface area contributed by atoms with Crippen LogP contribution >= 0.6 is 11.8 Å². The summed E-state index contributed by atoms with van der Waals surface area (Å²) in [6.45, 7) is 14.6. The Kier molecular flexibility index (Phi) is 7.02. The third-order valence-corrected chi connectivity index (χ3v) is 10.3. The van der Waals surface area contributed by atoms with Crippen LogP contribution in [0.5, 0.6) is 0 Å². The van der Waals surface area contributed by atoms with Gasteiger partial charge in [0.1, 0.15) is 27.3 Å². The molecule has 3 rings (SSSR count). The van der Waals surface area contributed by atoms with E-state index >= 15 is 0 Å². The number of thioether (sulfide) groups is 1. The van der Waals surface area contributed by atoms with Crippen LogP contribution in [0.1, 0.15) is 74.3 Å². The fourth-order valence-electron chi connectivity index (χ4n) is 4.41. The van der Waals surface area contributed by atoms with Gasteiger partial charge < -0.3 is 15.2 Å². The molecule has 200 valence electrons. The van der Waals surface area contributed by atoms with E-state index in [1.54, 1.807) is 60.6 Å². The van der Waals surface area contributed by atoms with Gasteiger partial charge >= 0.3 is 12.2 Å². The Balaban J connectivity index is 2.34. The molecular formula is C25H37N3O6S2. The van der Waals surface area contributed by atoms with Crippen molar-refractivity contribution in [3.63, 3.8) is 0 Å². The summed E-state index contributed by atoms with van der Waals surface area (Å²) in [7, 11) is -3.99. The van der Waals surface area contributed by atoms with E-state index in [-0.39, 0.29) is 5.84 Å². The van der Waals surface area contributed by atoms with Crippen LogP contribution in [0.2, 0.25) is 0 Å². The molecule has 0 fully saturated rings. The minimum absolute atomic E-state index is 0.245. The molecule has 11 heteroatoms. The number of benzene rings is 1. The van der Waals surface area contributed by atoms with Crippen molar-refractivity contribution in [3.05, 3.63) is 23.8 Å². The highest BCUT2D eigenvalue weighted by Gasteiger charge is 2.60. The number of sulfone groups is 1. The SMILES string of the molecule is CC(C)(C)OC(=O)N(C(=O)OC(C)(C)C)C1=N[C@]2(C)c3cc(N)ccc3SCC[C@H]2S(=O)(=O)C1(C)C. The minimum atomic E-state index is -3.99. The van der Waals surface area contributed by atoms with Gasteiger partial charge in [0.2, 0.25) is 0 Å². The van der Waals surface area contributed by atoms with E-state index in [2.05, 4.69) is 0 Å². The van der Waals surface area contributed by atoms with E-state index < -0.39 is 48.8 Å². The van der Waals surface area contributed by atoms with Crippen LogP contribution in [0.15, 0.2) is 28.1 Å². The Morgan fingerprint density at radius 3 is 2.08 bits per heavy atom. The first-order valence-corrected chi connectivity index (χ1v) is 14.4. The fraction of sp³-hybridized carbons (Fsp3) is 0.640. The van der Waals surface area contributed by atoms with Gasteiger partial charge in [-0.1, -0.05) is 0 Å². The lowest BCUT2D eigenvalue weighted by Gasteiger charge is -2.46. The zero-order chi connectivity index (χ0) is 27.5. The second kappa shape index (κ2) is 8.93. The van der Waals surface area contributed by atoms with Crippen molar-refractivity contribution in [3.8, 4) is 0 Å². The number of carbonyl (C=O) groups is 2. The molecule has 2 atom stereocenters. The molecule has 2 aliphatic rings. The molecule has 2 aliphatic heterocycles. The number of hydrogen-bond donors (Lipinski definition) is 1. The normalized spacial score (nSPS) is 24.9. The minimum Gasteiger partial charge on any atom is -0.443 e. The van der Waals surface area contributed by atoms with E-state index in [1.165, 1.54) is 25.6 Å². The summed E-state index contributed by atoms with van der Waals surface area (Å²) in [6, 6.07) is 5.33. The molecule has 0 spiro atoms. The van der Waals surface area contributed by atoms with Crippen LogP contribution in [0.3, 0.4) is 0 Å². The number of imide groups is 1. The van der Waals surface area contributed by atoms with Gasteiger partial charge in [-0.15, -0.1) is 11.8 Å². The van der Waals surface area contributed by atoms with Crippen LogP contribution in [0.4, 0.5) is 15.3 Å². The number of amidine groups is 1. The molecule has 9 nitrogen and oxygen atoms in total. The Morgan fingerprint density at radius 1 is 1.06 bits per heavy atom. The molecule has 0 radical (unpaired) electrons. The maximum absolute atomic E-state index is 14.2. The van der Waals surface area contributed by atoms with Gasteiger partial charge in [-0.3, -0.25) is 4.99 Å². The van der Waals surface area contributed by atoms with Gasteiger partial charge in [-0.2, -0.15) is 4.90 Å². The van der Waals surface area contributed by atoms with E-state index in [0.717, 1.165) is 4.90 Å². The maximum Gasteiger partial charge on any atom is 0.425 e. The molecule has 2 N–H and O–H groups in total. The maximum atomic E-state index is 14.2. The number of nitrogens with zero attached hydrogens (tertiary/aromatic N) is 2. The predicted octanol–water partition coefficient (Wildman–Crippen LogP) is 5.13. The molecule has 0 aromatic heterocycles. The van der Waals surface area contributed by atoms with Gasteiger partial charge in [-0.05, 0) is 98.2 Å². The lowest BCUT2D eigenvalue weighted by Crippen LogP contribution is -2.64. The summed E-state index contributed by atoms with van der Waals surface area (Å²) < 4.78 is 37.7. The number of amides is 2. The first-order valence-electron chi connectivity index (χ1n) is 11.8. The van der Waals surface area contributed by atoms with Gasteiger partial charge in [-0.25, -0.2) is 18.0 Å². The van der Waals surface area contributed by atoms with Gasteiger partial charge in [0.25, 0.3) is 0 Å². The average molecular weight is 540 g/mol. The summed E-state index contributed by atoms with van der Waals surface area (Å²) in [6.07, 6.45) is -1.77. The van der Waals surface area contributed by atoms with Crippen molar-refractivity contribution >= 4 is 45.3 Å². The quantitative estimate of drug-likeness (QED) is 0.450. The van der Waals surface area contributed by atoms with Crippen molar-refractivity contribution in [2.75, 3.05) is 11.5 Å². The highest BCUT2D eigenvalue weighted by Crippen LogP contribution is 2.50. The van der Waals surface area contributed by atoms with Crippen molar-refractivity contribution in [1.29, 1.82) is 0 Å². The number of anilines is 1. The molecule has 0 aliphatic carbocycles. The number of aliphatic imine (C=N–C) groups is 1. The van der Waals surface area contributed by atoms with Crippen LogP contribution in [0, 0.1) is 0 Å². The Hall–Kier alpha value is -2.27. The molecule has 36 heavy (non-hydrogen) atoms. The number of rotatable bonds is 0. The number of hydrogen-bond acceptors (Lipinski definition) is 9. The standard InChI is InChI=1S/C25H37N3O6S2/c1-22(2,3)33-20(29)28(21(30)34-23(4,5)6)19-24(7,8)36(31,32)18-12-13-35-17-11-10-15(26)14-16(17)25(18,9)27-19/h10-11,14,18H,12-13,26H2,1-9H3/t18-,25-/m1/s1. The summed E-state index contributed by atoms with van der Waals surface area (Å²) in [5, 5.41) is -0.890. The van der Waals surface area contributed by atoms with Crippen LogP contribution in [0.25, 0.3) is 0 Å². The van der Waals surface area contributed by atoms with Gasteiger partial charge in [0.15, 0.2) is 9.84 Å². The van der Waals surface area contributed by atoms with Crippen LogP contribution in [-0.4, -0.2) is 58.3 Å². The monoisotopic (exact) mass is 539 g/mol. The van der Waals surface area contributed by atoms with Crippen LogP contribution in [-0.2, 0) is 24.8 Å². The zero-order valence-corrected chi connectivity index (χ0v) is 24.1. The Labute approximate surface area is 218 Å². The number of carbonyl (C=O) groups excluding carboxylic acids is 2. The topological polar surface area (TPSA) is 128 Å². The number of nitrogen functional groups attached to an aromatic ring is 1. The molecule has 0 bridgehead atoms. The number of ether oxygens (including phenoxy) is 2.